The Morgan fingerprint density at radius 3 is 2.88 bits per heavy atom. The fraction of sp³-hybridized carbons (Fsp3) is 0.667. The van der Waals surface area contributed by atoms with Gasteiger partial charge >= 0.3 is 0 Å². The molecule has 1 aliphatic heterocycles. The largest absolute Gasteiger partial charge is 0.376 e. The number of hydrogen-bond donors (Lipinski definition) is 0. The predicted molar refractivity (Wildman–Crippen MR) is 68.6 cm³/mol. The van der Waals surface area contributed by atoms with Crippen LogP contribution in [0.25, 0.3) is 0 Å². The maximum Gasteiger partial charge on any atom is 0.137 e. The molecular weight excluding hydrogens is 238 g/mol. The topological polar surface area (TPSA) is 38.2 Å². The number of halogens is 1. The Labute approximate surface area is 107 Å². The number of nitrogens with zero attached hydrogens (tertiary/aromatic N) is 3. The summed E-state index contributed by atoms with van der Waals surface area (Å²) in [6, 6.07) is 0.367. The first kappa shape index (κ1) is 12.6. The van der Waals surface area contributed by atoms with E-state index in [0.717, 1.165) is 30.8 Å². The van der Waals surface area contributed by atoms with Crippen molar-refractivity contribution in [3.63, 3.8) is 0 Å². The molecule has 4 nitrogen and oxygen atoms in total. The van der Waals surface area contributed by atoms with Gasteiger partial charge in [-0.3, -0.25) is 0 Å². The van der Waals surface area contributed by atoms with E-state index in [4.69, 9.17) is 16.3 Å². The molecule has 0 N–H and O–H groups in total. The van der Waals surface area contributed by atoms with Gasteiger partial charge < -0.3 is 9.64 Å². The van der Waals surface area contributed by atoms with Gasteiger partial charge in [-0.05, 0) is 19.8 Å². The molecule has 0 aromatic carbocycles. The first-order chi connectivity index (χ1) is 8.15. The van der Waals surface area contributed by atoms with E-state index < -0.39 is 0 Å². The molecule has 2 atom stereocenters. The molecule has 5 heteroatoms. The van der Waals surface area contributed by atoms with Gasteiger partial charge in [-0.1, -0.05) is 18.5 Å². The van der Waals surface area contributed by atoms with Crippen LogP contribution in [0.4, 0.5) is 5.82 Å². The van der Waals surface area contributed by atoms with Crippen molar-refractivity contribution in [3.05, 3.63) is 17.0 Å². The summed E-state index contributed by atoms with van der Waals surface area (Å²) >= 11 is 6.11. The van der Waals surface area contributed by atoms with Crippen LogP contribution in [0, 0.1) is 0 Å². The summed E-state index contributed by atoms with van der Waals surface area (Å²) in [4.78, 5) is 10.6. The second kappa shape index (κ2) is 5.19. The molecule has 1 aromatic heterocycles. The summed E-state index contributed by atoms with van der Waals surface area (Å²) in [7, 11) is 2.05. The lowest BCUT2D eigenvalue weighted by molar-refractivity contribution is 0.118. The second-order valence-corrected chi connectivity index (χ2v) is 4.72. The van der Waals surface area contributed by atoms with Crippen LogP contribution in [0.2, 0.25) is 5.15 Å². The molecule has 17 heavy (non-hydrogen) atoms. The first-order valence-electron chi connectivity index (χ1n) is 5.99. The van der Waals surface area contributed by atoms with Gasteiger partial charge in [0.15, 0.2) is 0 Å². The third-order valence-corrected chi connectivity index (χ3v) is 3.72. The molecule has 0 aliphatic carbocycles. The molecule has 2 unspecified atom stereocenters. The Kier molecular flexibility index (Phi) is 3.84. The zero-order valence-corrected chi connectivity index (χ0v) is 11.2. The standard InChI is InChI=1S/C12H18ClN3O/c1-4-9-11(13)14-7-15-12(9)16(3)10-5-6-17-8(10)2/h7-8,10H,4-6H2,1-3H3. The normalized spacial score (nSPS) is 24.0. The lowest BCUT2D eigenvalue weighted by atomic mass is 10.1. The monoisotopic (exact) mass is 255 g/mol. The van der Waals surface area contributed by atoms with Crippen LogP contribution in [0.5, 0.6) is 0 Å². The van der Waals surface area contributed by atoms with Crippen LogP contribution in [0.1, 0.15) is 25.8 Å². The van der Waals surface area contributed by atoms with Crippen LogP contribution in [-0.4, -0.2) is 35.8 Å². The van der Waals surface area contributed by atoms with Crippen LogP contribution in [-0.2, 0) is 11.2 Å². The average Bonchev–Trinajstić information content (AvgIpc) is 2.74. The summed E-state index contributed by atoms with van der Waals surface area (Å²) in [6.07, 6.45) is 3.62. The fourth-order valence-electron chi connectivity index (χ4n) is 2.38. The van der Waals surface area contributed by atoms with Gasteiger partial charge in [-0.2, -0.15) is 0 Å². The van der Waals surface area contributed by atoms with Gasteiger partial charge in [0.05, 0.1) is 12.1 Å². The summed E-state index contributed by atoms with van der Waals surface area (Å²) < 4.78 is 5.59. The van der Waals surface area contributed by atoms with Crippen LogP contribution >= 0.6 is 11.6 Å². The number of ether oxygens (including phenoxy) is 1. The molecule has 0 spiro atoms. The van der Waals surface area contributed by atoms with Crippen LogP contribution in [0.3, 0.4) is 0 Å². The van der Waals surface area contributed by atoms with E-state index in [1.165, 1.54) is 6.33 Å². The van der Waals surface area contributed by atoms with E-state index in [0.29, 0.717) is 11.2 Å². The third kappa shape index (κ3) is 2.38. The van der Waals surface area contributed by atoms with Crippen molar-refractivity contribution in [2.75, 3.05) is 18.6 Å². The Balaban J connectivity index is 2.30. The zero-order valence-electron chi connectivity index (χ0n) is 10.5. The van der Waals surface area contributed by atoms with Crippen molar-refractivity contribution in [2.24, 2.45) is 0 Å². The van der Waals surface area contributed by atoms with Crippen molar-refractivity contribution < 1.29 is 4.74 Å². The summed E-state index contributed by atoms with van der Waals surface area (Å²) in [5, 5.41) is 0.552. The van der Waals surface area contributed by atoms with Crippen molar-refractivity contribution in [1.29, 1.82) is 0 Å². The Bertz CT molecular complexity index is 399. The third-order valence-electron chi connectivity index (χ3n) is 3.39. The smallest absolute Gasteiger partial charge is 0.137 e. The Hall–Kier alpha value is -0.870. The number of rotatable bonds is 3. The fourth-order valence-corrected chi connectivity index (χ4v) is 2.64. The van der Waals surface area contributed by atoms with Crippen molar-refractivity contribution >= 4 is 17.4 Å². The van der Waals surface area contributed by atoms with Gasteiger partial charge in [0.25, 0.3) is 0 Å². The lowest BCUT2D eigenvalue weighted by Crippen LogP contribution is -2.37. The molecule has 0 bridgehead atoms. The highest BCUT2D eigenvalue weighted by Gasteiger charge is 2.29. The first-order valence-corrected chi connectivity index (χ1v) is 6.36. The summed E-state index contributed by atoms with van der Waals surface area (Å²) in [5.41, 5.74) is 1.01. The molecule has 0 radical (unpaired) electrons. The van der Waals surface area contributed by atoms with E-state index >= 15 is 0 Å². The van der Waals surface area contributed by atoms with Crippen molar-refractivity contribution in [3.8, 4) is 0 Å². The van der Waals surface area contributed by atoms with E-state index in [2.05, 4.69) is 28.7 Å². The van der Waals surface area contributed by atoms with Gasteiger partial charge in [-0.25, -0.2) is 9.97 Å². The molecule has 0 saturated carbocycles. The minimum atomic E-state index is 0.235. The highest BCUT2D eigenvalue weighted by Crippen LogP contribution is 2.28. The van der Waals surface area contributed by atoms with Gasteiger partial charge in [0, 0.05) is 19.2 Å². The summed E-state index contributed by atoms with van der Waals surface area (Å²) in [5.74, 6) is 0.926. The molecule has 1 fully saturated rings. The Morgan fingerprint density at radius 1 is 1.53 bits per heavy atom. The number of aromatic nitrogens is 2. The number of likely N-dealkylation sites (N-methyl/N-ethyl adjacent to an activating group) is 1. The van der Waals surface area contributed by atoms with E-state index in [9.17, 15) is 0 Å². The lowest BCUT2D eigenvalue weighted by Gasteiger charge is -2.29. The minimum absolute atomic E-state index is 0.235. The average molecular weight is 256 g/mol. The molecule has 1 aromatic rings. The van der Waals surface area contributed by atoms with Crippen molar-refractivity contribution in [2.45, 2.75) is 38.8 Å². The molecule has 0 amide bonds. The molecule has 1 aliphatic rings. The summed E-state index contributed by atoms with van der Waals surface area (Å²) in [6.45, 7) is 4.98. The quantitative estimate of drug-likeness (QED) is 0.777. The van der Waals surface area contributed by atoms with E-state index in [-0.39, 0.29) is 6.10 Å². The van der Waals surface area contributed by atoms with E-state index in [1.54, 1.807) is 0 Å². The Morgan fingerprint density at radius 2 is 2.29 bits per heavy atom. The predicted octanol–water partition coefficient (Wildman–Crippen LogP) is 2.31. The number of hydrogen-bond acceptors (Lipinski definition) is 4. The van der Waals surface area contributed by atoms with Gasteiger partial charge in [0.1, 0.15) is 17.3 Å². The van der Waals surface area contributed by atoms with Crippen LogP contribution < -0.4 is 4.90 Å². The zero-order chi connectivity index (χ0) is 12.4. The number of anilines is 1. The SMILES string of the molecule is CCc1c(Cl)ncnc1N(C)C1CCOC1C. The second-order valence-electron chi connectivity index (χ2n) is 4.36. The van der Waals surface area contributed by atoms with Crippen LogP contribution in [0.15, 0.2) is 6.33 Å². The molecule has 2 rings (SSSR count). The maximum absolute atomic E-state index is 6.11. The molecule has 1 saturated heterocycles. The minimum Gasteiger partial charge on any atom is -0.376 e. The molecule has 94 valence electrons. The van der Waals surface area contributed by atoms with Crippen molar-refractivity contribution in [1.82, 2.24) is 9.97 Å². The highest BCUT2D eigenvalue weighted by molar-refractivity contribution is 6.30. The molecule has 2 heterocycles. The van der Waals surface area contributed by atoms with Gasteiger partial charge in [-0.15, -0.1) is 0 Å². The molecular formula is C12H18ClN3O. The maximum atomic E-state index is 6.11. The van der Waals surface area contributed by atoms with Gasteiger partial charge in [0.2, 0.25) is 0 Å². The highest BCUT2D eigenvalue weighted by atomic mass is 35.5. The van der Waals surface area contributed by atoms with E-state index in [1.807, 2.05) is 7.05 Å².